The molecule has 2 aromatic rings. The molecular formula is C19H21NO3S. The molecule has 0 atom stereocenters. The van der Waals surface area contributed by atoms with Crippen LogP contribution in [0.2, 0.25) is 0 Å². The second kappa shape index (κ2) is 9.13. The first-order valence-corrected chi connectivity index (χ1v) is 8.84. The van der Waals surface area contributed by atoms with Crippen LogP contribution in [-0.4, -0.2) is 23.4 Å². The second-order valence-electron chi connectivity index (χ2n) is 5.55. The number of nitrogens with one attached hydrogen (secondary N) is 1. The third-order valence-electron chi connectivity index (χ3n) is 3.31. The number of hydrogen-bond donors (Lipinski definition) is 1. The second-order valence-corrected chi connectivity index (χ2v) is 6.54. The van der Waals surface area contributed by atoms with Crippen molar-refractivity contribution in [1.82, 2.24) is 0 Å². The van der Waals surface area contributed by atoms with Gasteiger partial charge in [0.05, 0.1) is 11.5 Å². The van der Waals surface area contributed by atoms with Crippen LogP contribution in [0, 0.1) is 13.8 Å². The largest absolute Gasteiger partial charge is 0.460 e. The first-order chi connectivity index (χ1) is 11.5. The Labute approximate surface area is 146 Å². The van der Waals surface area contributed by atoms with E-state index in [-0.39, 0.29) is 30.0 Å². The molecule has 0 radical (unpaired) electrons. The fourth-order valence-electron chi connectivity index (χ4n) is 1.95. The smallest absolute Gasteiger partial charge is 0.316 e. The van der Waals surface area contributed by atoms with Crippen LogP contribution in [-0.2, 0) is 20.9 Å². The number of benzene rings is 2. The van der Waals surface area contributed by atoms with E-state index < -0.39 is 0 Å². The lowest BCUT2D eigenvalue weighted by Gasteiger charge is -2.06. The molecule has 0 spiro atoms. The van der Waals surface area contributed by atoms with E-state index in [4.69, 9.17) is 4.74 Å². The number of hydrogen-bond acceptors (Lipinski definition) is 4. The average molecular weight is 343 g/mol. The molecule has 0 unspecified atom stereocenters. The minimum Gasteiger partial charge on any atom is -0.460 e. The first-order valence-electron chi connectivity index (χ1n) is 7.68. The van der Waals surface area contributed by atoms with Gasteiger partial charge in [0.15, 0.2) is 0 Å². The quantitative estimate of drug-likeness (QED) is 0.779. The van der Waals surface area contributed by atoms with Gasteiger partial charge in [-0.1, -0.05) is 47.5 Å². The molecule has 0 aliphatic heterocycles. The van der Waals surface area contributed by atoms with E-state index in [1.807, 2.05) is 62.4 Å². The van der Waals surface area contributed by atoms with Crippen molar-refractivity contribution in [3.05, 3.63) is 65.2 Å². The van der Waals surface area contributed by atoms with Crippen LogP contribution in [0.15, 0.2) is 48.5 Å². The Hall–Kier alpha value is -2.27. The predicted octanol–water partition coefficient (Wildman–Crippen LogP) is 3.72. The van der Waals surface area contributed by atoms with Crippen LogP contribution in [0.3, 0.4) is 0 Å². The molecule has 4 nitrogen and oxygen atoms in total. The maximum absolute atomic E-state index is 11.8. The molecule has 0 aromatic heterocycles. The molecule has 0 fully saturated rings. The lowest BCUT2D eigenvalue weighted by atomic mass is 10.2. The zero-order valence-corrected chi connectivity index (χ0v) is 14.7. The van der Waals surface area contributed by atoms with Gasteiger partial charge in [-0.3, -0.25) is 9.59 Å². The van der Waals surface area contributed by atoms with E-state index >= 15 is 0 Å². The first kappa shape index (κ1) is 18.1. The van der Waals surface area contributed by atoms with Gasteiger partial charge in [0.1, 0.15) is 6.61 Å². The third kappa shape index (κ3) is 6.46. The third-order valence-corrected chi connectivity index (χ3v) is 4.21. The average Bonchev–Trinajstić information content (AvgIpc) is 2.56. The summed E-state index contributed by atoms with van der Waals surface area (Å²) in [5, 5.41) is 2.79. The van der Waals surface area contributed by atoms with E-state index in [2.05, 4.69) is 5.32 Å². The van der Waals surface area contributed by atoms with Crippen LogP contribution in [0.25, 0.3) is 0 Å². The SMILES string of the molecule is Cc1ccc(COC(=O)CSCC(=O)Nc2ccc(C)cc2)cc1. The lowest BCUT2D eigenvalue weighted by Crippen LogP contribution is -2.16. The van der Waals surface area contributed by atoms with E-state index in [0.717, 1.165) is 16.8 Å². The number of esters is 1. The van der Waals surface area contributed by atoms with Crippen molar-refractivity contribution in [1.29, 1.82) is 0 Å². The van der Waals surface area contributed by atoms with Gasteiger partial charge in [-0.15, -0.1) is 11.8 Å². The summed E-state index contributed by atoms with van der Waals surface area (Å²) in [5.41, 5.74) is 4.02. The Balaban J connectivity index is 1.63. The molecule has 0 aliphatic carbocycles. The maximum Gasteiger partial charge on any atom is 0.316 e. The normalized spacial score (nSPS) is 10.2. The van der Waals surface area contributed by atoms with Crippen LogP contribution < -0.4 is 5.32 Å². The standard InChI is InChI=1S/C19H21NO3S/c1-14-3-7-16(8-4-14)11-23-19(22)13-24-12-18(21)20-17-9-5-15(2)6-10-17/h3-10H,11-13H2,1-2H3,(H,20,21). The summed E-state index contributed by atoms with van der Waals surface area (Å²) in [5.74, 6) is -0.0698. The molecule has 0 aliphatic rings. The molecule has 0 saturated carbocycles. The van der Waals surface area contributed by atoms with Gasteiger partial charge in [-0.25, -0.2) is 0 Å². The van der Waals surface area contributed by atoms with Crippen molar-refractivity contribution in [2.75, 3.05) is 16.8 Å². The molecule has 1 amide bonds. The van der Waals surface area contributed by atoms with Crippen LogP contribution in [0.4, 0.5) is 5.69 Å². The highest BCUT2D eigenvalue weighted by Gasteiger charge is 2.07. The number of carbonyl (C=O) groups is 2. The van der Waals surface area contributed by atoms with Crippen molar-refractivity contribution >= 4 is 29.3 Å². The lowest BCUT2D eigenvalue weighted by molar-refractivity contribution is -0.141. The number of anilines is 1. The van der Waals surface area contributed by atoms with Crippen molar-refractivity contribution in [2.45, 2.75) is 20.5 Å². The molecule has 5 heteroatoms. The molecule has 0 heterocycles. The van der Waals surface area contributed by atoms with Gasteiger partial charge in [-0.05, 0) is 31.5 Å². The van der Waals surface area contributed by atoms with Crippen molar-refractivity contribution < 1.29 is 14.3 Å². The number of rotatable bonds is 7. The van der Waals surface area contributed by atoms with Crippen LogP contribution >= 0.6 is 11.8 Å². The van der Waals surface area contributed by atoms with E-state index in [1.54, 1.807) is 0 Å². The molecule has 126 valence electrons. The van der Waals surface area contributed by atoms with Crippen LogP contribution in [0.1, 0.15) is 16.7 Å². The van der Waals surface area contributed by atoms with Crippen LogP contribution in [0.5, 0.6) is 0 Å². The summed E-state index contributed by atoms with van der Waals surface area (Å²) in [6.07, 6.45) is 0. The molecule has 1 N–H and O–H groups in total. The van der Waals surface area contributed by atoms with Gasteiger partial charge in [-0.2, -0.15) is 0 Å². The number of amides is 1. The van der Waals surface area contributed by atoms with Crippen molar-refractivity contribution in [3.8, 4) is 0 Å². The minimum atomic E-state index is -0.316. The summed E-state index contributed by atoms with van der Waals surface area (Å²) in [4.78, 5) is 23.5. The fourth-order valence-corrected chi connectivity index (χ4v) is 2.56. The Bertz CT molecular complexity index is 681. The molecule has 24 heavy (non-hydrogen) atoms. The van der Waals surface area contributed by atoms with E-state index in [9.17, 15) is 9.59 Å². The summed E-state index contributed by atoms with van der Waals surface area (Å²) >= 11 is 1.24. The van der Waals surface area contributed by atoms with E-state index in [1.165, 1.54) is 17.3 Å². The summed E-state index contributed by atoms with van der Waals surface area (Å²) in [6, 6.07) is 15.4. The highest BCUT2D eigenvalue weighted by molar-refractivity contribution is 8.00. The monoisotopic (exact) mass is 343 g/mol. The molecule has 2 aromatic carbocycles. The molecule has 0 saturated heterocycles. The van der Waals surface area contributed by atoms with E-state index in [0.29, 0.717) is 0 Å². The highest BCUT2D eigenvalue weighted by atomic mass is 32.2. The summed E-state index contributed by atoms with van der Waals surface area (Å²) in [7, 11) is 0. The molecule has 0 bridgehead atoms. The zero-order valence-electron chi connectivity index (χ0n) is 13.9. The number of carbonyl (C=O) groups excluding carboxylic acids is 2. The van der Waals surface area contributed by atoms with Gasteiger partial charge >= 0.3 is 5.97 Å². The number of aryl methyl sites for hydroxylation is 2. The maximum atomic E-state index is 11.8. The van der Waals surface area contributed by atoms with Crippen molar-refractivity contribution in [3.63, 3.8) is 0 Å². The Morgan fingerprint density at radius 1 is 0.917 bits per heavy atom. The topological polar surface area (TPSA) is 55.4 Å². The van der Waals surface area contributed by atoms with Gasteiger partial charge in [0, 0.05) is 5.69 Å². The Morgan fingerprint density at radius 2 is 1.50 bits per heavy atom. The number of thioether (sulfide) groups is 1. The van der Waals surface area contributed by atoms with Gasteiger partial charge < -0.3 is 10.1 Å². The van der Waals surface area contributed by atoms with Crippen molar-refractivity contribution in [2.24, 2.45) is 0 Å². The minimum absolute atomic E-state index is 0.129. The molecule has 2 rings (SSSR count). The van der Waals surface area contributed by atoms with Gasteiger partial charge in [0.2, 0.25) is 5.91 Å². The molecular weight excluding hydrogens is 322 g/mol. The highest BCUT2D eigenvalue weighted by Crippen LogP contribution is 2.10. The Kier molecular flexibility index (Phi) is 6.88. The van der Waals surface area contributed by atoms with Gasteiger partial charge in [0.25, 0.3) is 0 Å². The zero-order chi connectivity index (χ0) is 17.4. The number of ether oxygens (including phenoxy) is 1. The Morgan fingerprint density at radius 3 is 2.12 bits per heavy atom. The summed E-state index contributed by atoms with van der Waals surface area (Å²) < 4.78 is 5.19. The summed E-state index contributed by atoms with van der Waals surface area (Å²) in [6.45, 7) is 4.26. The predicted molar refractivity (Wildman–Crippen MR) is 98.1 cm³/mol. The fraction of sp³-hybridized carbons (Fsp3) is 0.263.